The van der Waals surface area contributed by atoms with Crippen LogP contribution in [-0.4, -0.2) is 39.4 Å². The van der Waals surface area contributed by atoms with E-state index in [2.05, 4.69) is 5.10 Å². The predicted molar refractivity (Wildman–Crippen MR) is 102 cm³/mol. The number of carbonyl (C=O) groups excluding carboxylic acids is 2. The van der Waals surface area contributed by atoms with Crippen LogP contribution in [0.2, 0.25) is 0 Å². The maximum atomic E-state index is 12.2. The van der Waals surface area contributed by atoms with Gasteiger partial charge in [0.05, 0.1) is 22.6 Å². The van der Waals surface area contributed by atoms with Gasteiger partial charge in [-0.05, 0) is 25.0 Å². The number of carboxylic acid groups (broad SMARTS) is 1. The maximum absolute atomic E-state index is 12.2. The van der Waals surface area contributed by atoms with E-state index in [9.17, 15) is 14.4 Å². The van der Waals surface area contributed by atoms with Crippen molar-refractivity contribution in [2.45, 2.75) is 20.3 Å². The standard InChI is InChI=1S/C20H19N3O5/c1-11-14(8-13-6-4-3-5-7-13)23-19(18(11)21)20(28-10-16(26)27)17(12(2)22-23)15(25)9-24/h3-7,9H,8,10,21H2,1-2H3,(H,26,27). The van der Waals surface area contributed by atoms with Gasteiger partial charge < -0.3 is 15.6 Å². The number of carbonyl (C=O) groups is 3. The lowest BCUT2D eigenvalue weighted by molar-refractivity contribution is -0.139. The minimum atomic E-state index is -1.22. The van der Waals surface area contributed by atoms with E-state index in [1.807, 2.05) is 37.3 Å². The second-order valence-electron chi connectivity index (χ2n) is 6.36. The van der Waals surface area contributed by atoms with Crippen LogP contribution < -0.4 is 10.5 Å². The van der Waals surface area contributed by atoms with E-state index in [0.717, 1.165) is 16.8 Å². The molecule has 3 N–H and O–H groups in total. The van der Waals surface area contributed by atoms with Crippen LogP contribution in [-0.2, 0) is 16.0 Å². The summed E-state index contributed by atoms with van der Waals surface area (Å²) in [6, 6.07) is 9.69. The third kappa shape index (κ3) is 3.32. The van der Waals surface area contributed by atoms with Crippen LogP contribution in [0.5, 0.6) is 5.75 Å². The number of carboxylic acids is 1. The third-order valence-corrected chi connectivity index (χ3v) is 4.52. The number of aldehydes is 1. The van der Waals surface area contributed by atoms with Crippen molar-refractivity contribution in [1.82, 2.24) is 9.61 Å². The Morgan fingerprint density at radius 3 is 2.54 bits per heavy atom. The number of fused-ring (bicyclic) bond motifs is 1. The molecule has 0 saturated heterocycles. The molecule has 0 aliphatic rings. The summed E-state index contributed by atoms with van der Waals surface area (Å²) in [7, 11) is 0. The number of rotatable bonds is 7. The van der Waals surface area contributed by atoms with E-state index in [4.69, 9.17) is 15.6 Å². The summed E-state index contributed by atoms with van der Waals surface area (Å²) in [5.41, 5.74) is 9.59. The fourth-order valence-electron chi connectivity index (χ4n) is 3.17. The minimum absolute atomic E-state index is 0.0492. The van der Waals surface area contributed by atoms with E-state index in [-0.39, 0.29) is 28.8 Å². The molecule has 0 aliphatic heterocycles. The zero-order valence-corrected chi connectivity index (χ0v) is 15.4. The van der Waals surface area contributed by atoms with Crippen LogP contribution in [0.25, 0.3) is 5.52 Å². The Morgan fingerprint density at radius 2 is 1.93 bits per heavy atom. The van der Waals surface area contributed by atoms with Gasteiger partial charge in [-0.15, -0.1) is 0 Å². The molecule has 8 nitrogen and oxygen atoms in total. The van der Waals surface area contributed by atoms with Crippen molar-refractivity contribution >= 4 is 29.2 Å². The largest absolute Gasteiger partial charge is 0.479 e. The van der Waals surface area contributed by atoms with Gasteiger partial charge in [-0.1, -0.05) is 30.3 Å². The zero-order valence-electron chi connectivity index (χ0n) is 15.4. The molecule has 2 aromatic heterocycles. The molecule has 0 bridgehead atoms. The SMILES string of the molecule is Cc1nn2c(Cc3ccccc3)c(C)c(N)c2c(OCC(=O)O)c1C(=O)C=O. The van der Waals surface area contributed by atoms with E-state index in [1.54, 1.807) is 11.4 Å². The molecule has 0 spiro atoms. The van der Waals surface area contributed by atoms with Gasteiger partial charge in [0.2, 0.25) is 5.78 Å². The highest BCUT2D eigenvalue weighted by atomic mass is 16.5. The first-order valence-corrected chi connectivity index (χ1v) is 8.53. The average molecular weight is 381 g/mol. The van der Waals surface area contributed by atoms with Gasteiger partial charge >= 0.3 is 5.97 Å². The highest BCUT2D eigenvalue weighted by molar-refractivity contribution is 6.35. The van der Waals surface area contributed by atoms with Crippen LogP contribution in [0.4, 0.5) is 5.69 Å². The number of aromatic nitrogens is 2. The number of Topliss-reactive ketones (excluding diaryl/α,β-unsaturated/α-hetero) is 1. The van der Waals surface area contributed by atoms with Crippen molar-refractivity contribution in [3.63, 3.8) is 0 Å². The number of hydrogen-bond donors (Lipinski definition) is 2. The molecule has 0 fully saturated rings. The van der Waals surface area contributed by atoms with Crippen molar-refractivity contribution in [2.24, 2.45) is 0 Å². The average Bonchev–Trinajstić information content (AvgIpc) is 2.90. The quantitative estimate of drug-likeness (QED) is 0.364. The fourth-order valence-corrected chi connectivity index (χ4v) is 3.17. The molecule has 1 aromatic carbocycles. The first-order valence-electron chi connectivity index (χ1n) is 8.53. The summed E-state index contributed by atoms with van der Waals surface area (Å²) in [5, 5.41) is 13.4. The van der Waals surface area contributed by atoms with Gasteiger partial charge in [0.1, 0.15) is 5.52 Å². The molecule has 0 aliphatic carbocycles. The molecule has 3 rings (SSSR count). The Balaban J connectivity index is 2.29. The number of benzene rings is 1. The van der Waals surface area contributed by atoms with Crippen molar-refractivity contribution in [2.75, 3.05) is 12.3 Å². The molecule has 0 atom stereocenters. The summed E-state index contributed by atoms with van der Waals surface area (Å²) in [4.78, 5) is 34.3. The van der Waals surface area contributed by atoms with Gasteiger partial charge in [0, 0.05) is 6.42 Å². The monoisotopic (exact) mass is 381 g/mol. The second kappa shape index (κ2) is 7.51. The number of nitrogen functional groups attached to an aromatic ring is 1. The predicted octanol–water partition coefficient (Wildman–Crippen LogP) is 1.97. The number of hydrogen-bond acceptors (Lipinski definition) is 6. The Morgan fingerprint density at radius 1 is 1.25 bits per heavy atom. The van der Waals surface area contributed by atoms with Crippen LogP contribution in [0.3, 0.4) is 0 Å². The smallest absolute Gasteiger partial charge is 0.341 e. The van der Waals surface area contributed by atoms with Gasteiger partial charge in [-0.2, -0.15) is 5.10 Å². The van der Waals surface area contributed by atoms with Crippen LogP contribution >= 0.6 is 0 Å². The van der Waals surface area contributed by atoms with E-state index in [0.29, 0.717) is 12.1 Å². The second-order valence-corrected chi connectivity index (χ2v) is 6.36. The number of aryl methyl sites for hydroxylation is 1. The normalized spacial score (nSPS) is 10.8. The Hall–Kier alpha value is -3.68. The fraction of sp³-hybridized carbons (Fsp3) is 0.200. The molecule has 0 saturated carbocycles. The topological polar surface area (TPSA) is 124 Å². The lowest BCUT2D eigenvalue weighted by Crippen LogP contribution is -2.16. The van der Waals surface area contributed by atoms with Crippen LogP contribution in [0.1, 0.15) is 32.9 Å². The summed E-state index contributed by atoms with van der Waals surface area (Å²) in [6.07, 6.45) is 0.668. The number of aliphatic carboxylic acids is 1. The molecule has 28 heavy (non-hydrogen) atoms. The van der Waals surface area contributed by atoms with Crippen LogP contribution in [0, 0.1) is 13.8 Å². The molecule has 0 amide bonds. The van der Waals surface area contributed by atoms with Crippen molar-refractivity contribution < 1.29 is 24.2 Å². The first-order chi connectivity index (χ1) is 13.3. The molecule has 144 valence electrons. The van der Waals surface area contributed by atoms with Crippen LogP contribution in [0.15, 0.2) is 30.3 Å². The van der Waals surface area contributed by atoms with E-state index in [1.165, 1.54) is 0 Å². The third-order valence-electron chi connectivity index (χ3n) is 4.52. The van der Waals surface area contributed by atoms with E-state index < -0.39 is 18.4 Å². The molecule has 0 unspecified atom stereocenters. The molecule has 0 radical (unpaired) electrons. The Bertz CT molecular complexity index is 1090. The Labute approximate surface area is 160 Å². The molecule has 3 aromatic rings. The number of ketones is 1. The number of anilines is 1. The Kier molecular flexibility index (Phi) is 5.12. The summed E-state index contributed by atoms with van der Waals surface area (Å²) in [6.45, 7) is 2.69. The molecule has 2 heterocycles. The molecule has 8 heteroatoms. The molecular formula is C20H19N3O5. The number of nitrogens with zero attached hydrogens (tertiary/aromatic N) is 2. The highest BCUT2D eigenvalue weighted by Crippen LogP contribution is 2.36. The van der Waals surface area contributed by atoms with Crippen molar-refractivity contribution in [3.8, 4) is 5.75 Å². The van der Waals surface area contributed by atoms with Gasteiger partial charge in [-0.3, -0.25) is 9.59 Å². The number of ether oxygens (including phenoxy) is 1. The van der Waals surface area contributed by atoms with Gasteiger partial charge in [0.15, 0.2) is 18.6 Å². The van der Waals surface area contributed by atoms with Crippen molar-refractivity contribution in [1.29, 1.82) is 0 Å². The first kappa shape index (κ1) is 19.1. The van der Waals surface area contributed by atoms with Gasteiger partial charge in [0.25, 0.3) is 0 Å². The minimum Gasteiger partial charge on any atom is -0.479 e. The number of nitrogens with two attached hydrogens (primary N) is 1. The maximum Gasteiger partial charge on any atom is 0.341 e. The summed E-state index contributed by atoms with van der Waals surface area (Å²) >= 11 is 0. The molecular weight excluding hydrogens is 362 g/mol. The lowest BCUT2D eigenvalue weighted by Gasteiger charge is -2.13. The summed E-state index contributed by atoms with van der Waals surface area (Å²) < 4.78 is 6.96. The summed E-state index contributed by atoms with van der Waals surface area (Å²) in [5.74, 6) is -2.12. The van der Waals surface area contributed by atoms with Gasteiger partial charge in [-0.25, -0.2) is 9.31 Å². The zero-order chi connectivity index (χ0) is 20.4. The lowest BCUT2D eigenvalue weighted by atomic mass is 10.1. The van der Waals surface area contributed by atoms with E-state index >= 15 is 0 Å². The highest BCUT2D eigenvalue weighted by Gasteiger charge is 2.26. The van der Waals surface area contributed by atoms with Crippen molar-refractivity contribution in [3.05, 3.63) is 58.4 Å².